The number of hydrogen-bond acceptors (Lipinski definition) is 4. The highest BCUT2D eigenvalue weighted by Gasteiger charge is 2.24. The lowest BCUT2D eigenvalue weighted by molar-refractivity contribution is -0.125. The maximum atomic E-state index is 11.9. The van der Waals surface area contributed by atoms with Gasteiger partial charge in [-0.3, -0.25) is 4.79 Å². The van der Waals surface area contributed by atoms with Gasteiger partial charge >= 0.3 is 5.97 Å². The van der Waals surface area contributed by atoms with Gasteiger partial charge in [0.25, 0.3) is 0 Å². The molecule has 1 heterocycles. The Morgan fingerprint density at radius 3 is 2.61 bits per heavy atom. The summed E-state index contributed by atoms with van der Waals surface area (Å²) in [6.45, 7) is 7.45. The second-order valence-corrected chi connectivity index (χ2v) is 4.79. The van der Waals surface area contributed by atoms with Crippen LogP contribution in [-0.4, -0.2) is 37.5 Å². The second kappa shape index (κ2) is 5.16. The number of carbonyl (C=O) groups is 2. The van der Waals surface area contributed by atoms with Crippen molar-refractivity contribution in [1.29, 1.82) is 0 Å². The van der Waals surface area contributed by atoms with Crippen molar-refractivity contribution in [2.24, 2.45) is 0 Å². The lowest BCUT2D eigenvalue weighted by Gasteiger charge is -2.26. The highest BCUT2D eigenvalue weighted by atomic mass is 16.4. The van der Waals surface area contributed by atoms with Gasteiger partial charge in [0.15, 0.2) is 5.69 Å². The Morgan fingerprint density at radius 2 is 2.17 bits per heavy atom. The van der Waals surface area contributed by atoms with Gasteiger partial charge in [-0.25, -0.2) is 9.48 Å². The van der Waals surface area contributed by atoms with Crippen LogP contribution < -0.4 is 5.32 Å². The standard InChI is InChI=1S/C11H18N4O3/c1-5-11(3,4)12-9(16)7(2)15-6-8(10(17)18)13-14-15/h6-7H,5H2,1-4H3,(H,12,16)(H,17,18). The SMILES string of the molecule is CCC(C)(C)NC(=O)C(C)n1cc(C(=O)O)nn1. The molecule has 0 aliphatic rings. The van der Waals surface area contributed by atoms with Gasteiger partial charge < -0.3 is 10.4 Å². The molecule has 18 heavy (non-hydrogen) atoms. The number of nitrogens with zero attached hydrogens (tertiary/aromatic N) is 3. The van der Waals surface area contributed by atoms with Gasteiger partial charge in [0, 0.05) is 5.54 Å². The number of carboxylic acids is 1. The van der Waals surface area contributed by atoms with Crippen LogP contribution in [0.3, 0.4) is 0 Å². The molecular weight excluding hydrogens is 236 g/mol. The van der Waals surface area contributed by atoms with E-state index in [1.165, 1.54) is 10.9 Å². The normalized spacial score (nSPS) is 13.1. The molecule has 0 fully saturated rings. The van der Waals surface area contributed by atoms with Crippen molar-refractivity contribution in [2.45, 2.75) is 45.7 Å². The van der Waals surface area contributed by atoms with Crippen LogP contribution in [0.2, 0.25) is 0 Å². The average molecular weight is 254 g/mol. The van der Waals surface area contributed by atoms with E-state index in [1.54, 1.807) is 6.92 Å². The third-order valence-electron chi connectivity index (χ3n) is 2.85. The first-order valence-electron chi connectivity index (χ1n) is 5.74. The average Bonchev–Trinajstić information content (AvgIpc) is 2.76. The Hall–Kier alpha value is -1.92. The van der Waals surface area contributed by atoms with E-state index in [0.29, 0.717) is 0 Å². The summed E-state index contributed by atoms with van der Waals surface area (Å²) in [7, 11) is 0. The quantitative estimate of drug-likeness (QED) is 0.811. The molecule has 0 saturated carbocycles. The van der Waals surface area contributed by atoms with Crippen LogP contribution in [0.25, 0.3) is 0 Å². The summed E-state index contributed by atoms with van der Waals surface area (Å²) in [6, 6.07) is -0.601. The molecule has 1 atom stereocenters. The number of carbonyl (C=O) groups excluding carboxylic acids is 1. The fourth-order valence-corrected chi connectivity index (χ4v) is 1.21. The Morgan fingerprint density at radius 1 is 1.56 bits per heavy atom. The highest BCUT2D eigenvalue weighted by molar-refractivity contribution is 5.85. The van der Waals surface area contributed by atoms with Gasteiger partial charge in [-0.1, -0.05) is 12.1 Å². The van der Waals surface area contributed by atoms with E-state index in [1.807, 2.05) is 20.8 Å². The van der Waals surface area contributed by atoms with Crippen LogP contribution in [0.4, 0.5) is 0 Å². The number of aromatic nitrogens is 3. The molecule has 1 unspecified atom stereocenters. The van der Waals surface area contributed by atoms with Crippen LogP contribution >= 0.6 is 0 Å². The van der Waals surface area contributed by atoms with E-state index in [4.69, 9.17) is 5.11 Å². The summed E-state index contributed by atoms with van der Waals surface area (Å²) in [5.41, 5.74) is -0.480. The largest absolute Gasteiger partial charge is 0.476 e. The first kappa shape index (κ1) is 14.1. The summed E-state index contributed by atoms with van der Waals surface area (Å²) in [5.74, 6) is -1.38. The molecule has 1 aromatic heterocycles. The first-order valence-corrected chi connectivity index (χ1v) is 5.74. The zero-order chi connectivity index (χ0) is 13.9. The predicted molar refractivity (Wildman–Crippen MR) is 64.2 cm³/mol. The van der Waals surface area contributed by atoms with Crippen molar-refractivity contribution >= 4 is 11.9 Å². The maximum absolute atomic E-state index is 11.9. The maximum Gasteiger partial charge on any atom is 0.358 e. The Bertz CT molecular complexity index is 453. The highest BCUT2D eigenvalue weighted by Crippen LogP contribution is 2.11. The number of nitrogens with one attached hydrogen (secondary N) is 1. The number of aromatic carboxylic acids is 1. The molecule has 0 aliphatic heterocycles. The number of hydrogen-bond donors (Lipinski definition) is 2. The molecule has 0 bridgehead atoms. The van der Waals surface area contributed by atoms with Crippen molar-refractivity contribution in [3.8, 4) is 0 Å². The summed E-state index contributed by atoms with van der Waals surface area (Å²) in [4.78, 5) is 22.6. The Kier molecular flexibility index (Phi) is 4.05. The molecule has 7 nitrogen and oxygen atoms in total. The second-order valence-electron chi connectivity index (χ2n) is 4.79. The monoisotopic (exact) mass is 254 g/mol. The van der Waals surface area contributed by atoms with Gasteiger partial charge in [-0.15, -0.1) is 5.10 Å². The topological polar surface area (TPSA) is 97.1 Å². The summed E-state index contributed by atoms with van der Waals surface area (Å²) in [6.07, 6.45) is 2.04. The zero-order valence-corrected chi connectivity index (χ0v) is 11.0. The van der Waals surface area contributed by atoms with E-state index < -0.39 is 12.0 Å². The molecule has 0 aromatic carbocycles. The van der Waals surface area contributed by atoms with E-state index in [9.17, 15) is 9.59 Å². The summed E-state index contributed by atoms with van der Waals surface area (Å²) >= 11 is 0. The van der Waals surface area contributed by atoms with Crippen molar-refractivity contribution < 1.29 is 14.7 Å². The van der Waals surface area contributed by atoms with E-state index in [-0.39, 0.29) is 17.1 Å². The molecular formula is C11H18N4O3. The lowest BCUT2D eigenvalue weighted by Crippen LogP contribution is -2.45. The van der Waals surface area contributed by atoms with Crippen LogP contribution in [0.5, 0.6) is 0 Å². The van der Waals surface area contributed by atoms with Crippen molar-refractivity contribution in [3.05, 3.63) is 11.9 Å². The van der Waals surface area contributed by atoms with Crippen LogP contribution in [-0.2, 0) is 4.79 Å². The third kappa shape index (κ3) is 3.28. The molecule has 0 aliphatic carbocycles. The molecule has 100 valence electrons. The van der Waals surface area contributed by atoms with Gasteiger partial charge in [-0.2, -0.15) is 0 Å². The van der Waals surface area contributed by atoms with Crippen molar-refractivity contribution in [3.63, 3.8) is 0 Å². The number of rotatable bonds is 5. The summed E-state index contributed by atoms with van der Waals surface area (Å²) < 4.78 is 1.24. The predicted octanol–water partition coefficient (Wildman–Crippen LogP) is 0.842. The number of carboxylic acid groups (broad SMARTS) is 1. The van der Waals surface area contributed by atoms with Gasteiger partial charge in [-0.05, 0) is 27.2 Å². The smallest absolute Gasteiger partial charge is 0.358 e. The van der Waals surface area contributed by atoms with Gasteiger partial charge in [0.2, 0.25) is 5.91 Å². The number of amides is 1. The molecule has 2 N–H and O–H groups in total. The molecule has 0 saturated heterocycles. The van der Waals surface area contributed by atoms with Crippen LogP contribution in [0.1, 0.15) is 50.6 Å². The van der Waals surface area contributed by atoms with Crippen LogP contribution in [0.15, 0.2) is 6.20 Å². The first-order chi connectivity index (χ1) is 8.26. The minimum absolute atomic E-state index is 0.176. The van der Waals surface area contributed by atoms with Gasteiger partial charge in [0.1, 0.15) is 6.04 Å². The zero-order valence-electron chi connectivity index (χ0n) is 11.0. The molecule has 0 spiro atoms. The lowest BCUT2D eigenvalue weighted by atomic mass is 10.0. The Balaban J connectivity index is 2.77. The third-order valence-corrected chi connectivity index (χ3v) is 2.85. The molecule has 7 heteroatoms. The van der Waals surface area contributed by atoms with Crippen molar-refractivity contribution in [1.82, 2.24) is 20.3 Å². The molecule has 1 rings (SSSR count). The van der Waals surface area contributed by atoms with Crippen LogP contribution in [0, 0.1) is 0 Å². The van der Waals surface area contributed by atoms with Gasteiger partial charge in [0.05, 0.1) is 6.20 Å². The van der Waals surface area contributed by atoms with E-state index in [0.717, 1.165) is 6.42 Å². The van der Waals surface area contributed by atoms with E-state index in [2.05, 4.69) is 15.6 Å². The fraction of sp³-hybridized carbons (Fsp3) is 0.636. The fourth-order valence-electron chi connectivity index (χ4n) is 1.21. The minimum atomic E-state index is -1.16. The summed E-state index contributed by atoms with van der Waals surface area (Å²) in [5, 5.41) is 18.7. The molecule has 0 radical (unpaired) electrons. The molecule has 1 aromatic rings. The minimum Gasteiger partial charge on any atom is -0.476 e. The van der Waals surface area contributed by atoms with E-state index >= 15 is 0 Å². The Labute approximate surface area is 105 Å². The molecule has 1 amide bonds. The van der Waals surface area contributed by atoms with Crippen molar-refractivity contribution in [2.75, 3.05) is 0 Å².